The van der Waals surface area contributed by atoms with E-state index in [1.807, 2.05) is 23.5 Å². The molecule has 3 heterocycles. The summed E-state index contributed by atoms with van der Waals surface area (Å²) in [6.45, 7) is 3.99. The van der Waals surface area contributed by atoms with Crippen molar-refractivity contribution in [3.8, 4) is 11.3 Å². The number of nitrogens with zero attached hydrogens (tertiary/aromatic N) is 3. The zero-order chi connectivity index (χ0) is 17.2. The SMILES string of the molecule is Cc1ccsc1CN(C)Cc1c(-c2ccccc2)nc2ccccn12. The number of aromatic nitrogens is 2. The minimum absolute atomic E-state index is 0.854. The standard InChI is InChI=1S/C21H21N3S/c1-16-11-13-25-19(16)15-23(2)14-18-21(17-8-4-3-5-9-17)22-20-10-6-7-12-24(18)20/h3-13H,14-15H2,1-2H3. The van der Waals surface area contributed by atoms with E-state index in [9.17, 15) is 0 Å². The molecule has 0 amide bonds. The molecule has 3 nitrogen and oxygen atoms in total. The third kappa shape index (κ3) is 3.23. The maximum Gasteiger partial charge on any atom is 0.137 e. The van der Waals surface area contributed by atoms with Gasteiger partial charge in [0, 0.05) is 29.7 Å². The molecule has 25 heavy (non-hydrogen) atoms. The van der Waals surface area contributed by atoms with Crippen LogP contribution in [0.25, 0.3) is 16.9 Å². The van der Waals surface area contributed by atoms with Gasteiger partial charge in [-0.05, 0) is 43.1 Å². The Morgan fingerprint density at radius 1 is 1.00 bits per heavy atom. The van der Waals surface area contributed by atoms with Crippen LogP contribution in [-0.4, -0.2) is 21.3 Å². The predicted molar refractivity (Wildman–Crippen MR) is 105 cm³/mol. The minimum Gasteiger partial charge on any atom is -0.302 e. The molecule has 0 saturated heterocycles. The van der Waals surface area contributed by atoms with Crippen LogP contribution in [0.3, 0.4) is 0 Å². The van der Waals surface area contributed by atoms with Crippen molar-refractivity contribution < 1.29 is 0 Å². The Morgan fingerprint density at radius 2 is 1.80 bits per heavy atom. The fraction of sp³-hybridized carbons (Fsp3) is 0.190. The van der Waals surface area contributed by atoms with Crippen LogP contribution in [0.4, 0.5) is 0 Å². The highest BCUT2D eigenvalue weighted by atomic mass is 32.1. The molecule has 0 radical (unpaired) electrons. The van der Waals surface area contributed by atoms with Crippen molar-refractivity contribution in [3.63, 3.8) is 0 Å². The molecule has 0 aliphatic rings. The third-order valence-electron chi connectivity index (χ3n) is 4.48. The summed E-state index contributed by atoms with van der Waals surface area (Å²) in [7, 11) is 2.18. The van der Waals surface area contributed by atoms with Gasteiger partial charge in [0.25, 0.3) is 0 Å². The summed E-state index contributed by atoms with van der Waals surface area (Å²) in [5, 5.41) is 2.17. The highest BCUT2D eigenvalue weighted by Gasteiger charge is 2.16. The Morgan fingerprint density at radius 3 is 2.56 bits per heavy atom. The van der Waals surface area contributed by atoms with Crippen molar-refractivity contribution in [3.05, 3.63) is 82.3 Å². The number of rotatable bonds is 5. The minimum atomic E-state index is 0.854. The van der Waals surface area contributed by atoms with Gasteiger partial charge >= 0.3 is 0 Å². The summed E-state index contributed by atoms with van der Waals surface area (Å²) in [6, 6.07) is 18.8. The van der Waals surface area contributed by atoms with E-state index in [0.717, 1.165) is 24.4 Å². The average molecular weight is 347 g/mol. The van der Waals surface area contributed by atoms with Crippen molar-refractivity contribution in [2.24, 2.45) is 0 Å². The van der Waals surface area contributed by atoms with Crippen molar-refractivity contribution in [1.82, 2.24) is 14.3 Å². The van der Waals surface area contributed by atoms with Crippen LogP contribution in [0, 0.1) is 6.92 Å². The summed E-state index contributed by atoms with van der Waals surface area (Å²) in [4.78, 5) is 8.68. The first-order valence-corrected chi connectivity index (χ1v) is 9.33. The van der Waals surface area contributed by atoms with E-state index in [-0.39, 0.29) is 0 Å². The topological polar surface area (TPSA) is 20.5 Å². The monoisotopic (exact) mass is 347 g/mol. The van der Waals surface area contributed by atoms with Crippen LogP contribution in [0.1, 0.15) is 16.1 Å². The van der Waals surface area contributed by atoms with Gasteiger partial charge in [0.1, 0.15) is 5.65 Å². The van der Waals surface area contributed by atoms with Gasteiger partial charge in [-0.15, -0.1) is 11.3 Å². The number of thiophene rings is 1. The molecule has 0 aliphatic carbocycles. The van der Waals surface area contributed by atoms with Crippen LogP contribution >= 0.6 is 11.3 Å². The normalized spacial score (nSPS) is 11.5. The van der Waals surface area contributed by atoms with Gasteiger partial charge in [-0.25, -0.2) is 4.98 Å². The largest absolute Gasteiger partial charge is 0.302 e. The van der Waals surface area contributed by atoms with Crippen molar-refractivity contribution >= 4 is 17.0 Å². The zero-order valence-electron chi connectivity index (χ0n) is 14.5. The van der Waals surface area contributed by atoms with Crippen LogP contribution in [-0.2, 0) is 13.1 Å². The number of imidazole rings is 1. The maximum absolute atomic E-state index is 4.89. The van der Waals surface area contributed by atoms with Crippen LogP contribution in [0.5, 0.6) is 0 Å². The average Bonchev–Trinajstić information content (AvgIpc) is 3.20. The first-order chi connectivity index (χ1) is 12.2. The van der Waals surface area contributed by atoms with E-state index in [1.54, 1.807) is 0 Å². The molecule has 0 fully saturated rings. The molecule has 3 aromatic heterocycles. The van der Waals surface area contributed by atoms with Gasteiger partial charge in [0.05, 0.1) is 11.4 Å². The molecule has 0 aliphatic heterocycles. The molecule has 0 N–H and O–H groups in total. The highest BCUT2D eigenvalue weighted by Crippen LogP contribution is 2.26. The molecule has 0 atom stereocenters. The summed E-state index contributed by atoms with van der Waals surface area (Å²) >= 11 is 1.83. The summed E-state index contributed by atoms with van der Waals surface area (Å²) in [6.07, 6.45) is 2.11. The first-order valence-electron chi connectivity index (χ1n) is 8.45. The third-order valence-corrected chi connectivity index (χ3v) is 5.49. The molecule has 0 unspecified atom stereocenters. The number of aryl methyl sites for hydroxylation is 1. The van der Waals surface area contributed by atoms with Crippen LogP contribution < -0.4 is 0 Å². The lowest BCUT2D eigenvalue weighted by Crippen LogP contribution is -2.18. The van der Waals surface area contributed by atoms with Crippen LogP contribution in [0.2, 0.25) is 0 Å². The van der Waals surface area contributed by atoms with E-state index in [1.165, 1.54) is 21.7 Å². The van der Waals surface area contributed by atoms with Gasteiger partial charge in [0.2, 0.25) is 0 Å². The second-order valence-corrected chi connectivity index (χ2v) is 7.40. The Bertz CT molecular complexity index is 985. The Labute approximate surface area is 152 Å². The molecule has 1 aromatic carbocycles. The van der Waals surface area contributed by atoms with E-state index in [0.29, 0.717) is 0 Å². The Hall–Kier alpha value is -2.43. The summed E-state index contributed by atoms with van der Waals surface area (Å²) < 4.78 is 2.21. The molecule has 0 bridgehead atoms. The van der Waals surface area contributed by atoms with Crippen molar-refractivity contribution in [1.29, 1.82) is 0 Å². The van der Waals surface area contributed by atoms with E-state index >= 15 is 0 Å². The van der Waals surface area contributed by atoms with Gasteiger partial charge in [-0.1, -0.05) is 36.4 Å². The lowest BCUT2D eigenvalue weighted by atomic mass is 10.1. The molecular weight excluding hydrogens is 326 g/mol. The van der Waals surface area contributed by atoms with Gasteiger partial charge < -0.3 is 4.40 Å². The Kier molecular flexibility index (Phi) is 4.38. The number of pyridine rings is 1. The lowest BCUT2D eigenvalue weighted by Gasteiger charge is -2.17. The van der Waals surface area contributed by atoms with Crippen LogP contribution in [0.15, 0.2) is 66.2 Å². The molecule has 4 aromatic rings. The molecule has 4 rings (SSSR count). The number of hydrogen-bond acceptors (Lipinski definition) is 3. The number of fused-ring (bicyclic) bond motifs is 1. The number of benzene rings is 1. The fourth-order valence-corrected chi connectivity index (χ4v) is 4.13. The fourth-order valence-electron chi connectivity index (χ4n) is 3.15. The van der Waals surface area contributed by atoms with E-state index in [4.69, 9.17) is 4.98 Å². The zero-order valence-corrected chi connectivity index (χ0v) is 15.3. The lowest BCUT2D eigenvalue weighted by molar-refractivity contribution is 0.317. The van der Waals surface area contributed by atoms with Gasteiger partial charge in [-0.2, -0.15) is 0 Å². The van der Waals surface area contributed by atoms with Crippen molar-refractivity contribution in [2.75, 3.05) is 7.05 Å². The van der Waals surface area contributed by atoms with Gasteiger partial charge in [-0.3, -0.25) is 4.90 Å². The molecule has 4 heteroatoms. The molecular formula is C21H21N3S. The second kappa shape index (κ2) is 6.82. The van der Waals surface area contributed by atoms with E-state index in [2.05, 4.69) is 77.3 Å². The number of hydrogen-bond donors (Lipinski definition) is 0. The maximum atomic E-state index is 4.89. The summed E-state index contributed by atoms with van der Waals surface area (Å²) in [5.41, 5.74) is 5.84. The molecule has 0 spiro atoms. The Balaban J connectivity index is 1.71. The second-order valence-electron chi connectivity index (χ2n) is 6.40. The summed E-state index contributed by atoms with van der Waals surface area (Å²) in [5.74, 6) is 0. The highest BCUT2D eigenvalue weighted by molar-refractivity contribution is 7.10. The van der Waals surface area contributed by atoms with E-state index < -0.39 is 0 Å². The molecule has 126 valence electrons. The quantitative estimate of drug-likeness (QED) is 0.506. The van der Waals surface area contributed by atoms with Gasteiger partial charge in [0.15, 0.2) is 0 Å². The smallest absolute Gasteiger partial charge is 0.137 e. The predicted octanol–water partition coefficient (Wildman–Crippen LogP) is 5.00. The van der Waals surface area contributed by atoms with Crippen molar-refractivity contribution in [2.45, 2.75) is 20.0 Å². The molecule has 0 saturated carbocycles. The first kappa shape index (κ1) is 16.1.